The first-order chi connectivity index (χ1) is 16.1. The second-order valence-electron chi connectivity index (χ2n) is 9.16. The Morgan fingerprint density at radius 1 is 1.12 bits per heavy atom. The van der Waals surface area contributed by atoms with E-state index in [1.54, 1.807) is 12.1 Å². The van der Waals surface area contributed by atoms with Crippen molar-refractivity contribution in [3.8, 4) is 0 Å². The monoisotopic (exact) mass is 479 g/mol. The van der Waals surface area contributed by atoms with Gasteiger partial charge in [0, 0.05) is 55.5 Å². The number of aromatic nitrogens is 1. The Balaban J connectivity index is 1.47. The van der Waals surface area contributed by atoms with Crippen molar-refractivity contribution >= 4 is 28.7 Å². The number of carboxylic acid groups (broad SMARTS) is 1. The minimum absolute atomic E-state index is 0.0896. The second-order valence-corrected chi connectivity index (χ2v) is 9.16. The average molecular weight is 480 g/mol. The summed E-state index contributed by atoms with van der Waals surface area (Å²) in [6.45, 7) is 3.83. The molecule has 0 spiro atoms. The molecule has 2 aromatic rings. The summed E-state index contributed by atoms with van der Waals surface area (Å²) < 4.78 is 40.4. The summed E-state index contributed by atoms with van der Waals surface area (Å²) in [4.78, 5) is 31.1. The molecule has 3 N–H and O–H groups in total. The lowest BCUT2D eigenvalue weighted by Gasteiger charge is -2.39. The van der Waals surface area contributed by atoms with E-state index in [2.05, 4.69) is 15.6 Å². The van der Waals surface area contributed by atoms with E-state index in [1.165, 1.54) is 17.2 Å². The number of benzene rings is 1. The highest BCUT2D eigenvalue weighted by Gasteiger charge is 2.35. The lowest BCUT2D eigenvalue weighted by atomic mass is 9.94. The van der Waals surface area contributed by atoms with Crippen LogP contribution in [0.15, 0.2) is 30.5 Å². The molecule has 3 atom stereocenters. The second kappa shape index (κ2) is 9.55. The van der Waals surface area contributed by atoms with Gasteiger partial charge in [0.25, 0.3) is 0 Å². The number of pyridine rings is 1. The molecular weight excluding hydrogens is 451 g/mol. The molecule has 0 aliphatic carbocycles. The number of fused-ring (bicyclic) bond motifs is 1. The average Bonchev–Trinajstić information content (AvgIpc) is 2.77. The number of alkyl halides is 3. The van der Waals surface area contributed by atoms with Crippen molar-refractivity contribution in [3.63, 3.8) is 0 Å². The van der Waals surface area contributed by atoms with Gasteiger partial charge >= 0.3 is 18.3 Å². The summed E-state index contributed by atoms with van der Waals surface area (Å²) in [6.07, 6.45) is -2.03. The number of anilines is 1. The van der Waals surface area contributed by atoms with E-state index in [9.17, 15) is 27.9 Å². The largest absolute Gasteiger partial charge is 0.465 e. The highest BCUT2D eigenvalue weighted by Crippen LogP contribution is 2.38. The molecule has 3 heterocycles. The number of piperidine rings is 2. The fourth-order valence-corrected chi connectivity index (χ4v) is 5.00. The molecule has 184 valence electrons. The van der Waals surface area contributed by atoms with E-state index in [0.29, 0.717) is 43.5 Å². The third kappa shape index (κ3) is 5.28. The standard InChI is InChI=1S/C23H28F3N5O3/c1-14-10-16(29-21(32)28-15-4-3-9-30(12-15)22(33)34)13-31(11-14)19-7-6-18(23(24,25)26)20-17(19)5-2-8-27-20/h2,5-8,14-16H,3-4,9-13H2,1H3,(H,33,34)(H2,28,29,32)/t14-,15+,16+/m0/s1. The first-order valence-electron chi connectivity index (χ1n) is 11.4. The summed E-state index contributed by atoms with van der Waals surface area (Å²) >= 11 is 0. The molecule has 0 saturated carbocycles. The number of rotatable bonds is 3. The van der Waals surface area contributed by atoms with Crippen LogP contribution in [0.3, 0.4) is 0 Å². The topological polar surface area (TPSA) is 97.8 Å². The Morgan fingerprint density at radius 2 is 1.88 bits per heavy atom. The van der Waals surface area contributed by atoms with Gasteiger partial charge in [0.1, 0.15) is 0 Å². The number of hydrogen-bond acceptors (Lipinski definition) is 4. The van der Waals surface area contributed by atoms with Crippen molar-refractivity contribution in [1.82, 2.24) is 20.5 Å². The van der Waals surface area contributed by atoms with Crippen molar-refractivity contribution in [1.29, 1.82) is 0 Å². The Kier molecular flexibility index (Phi) is 6.72. The first kappa shape index (κ1) is 23.9. The number of nitrogens with one attached hydrogen (secondary N) is 2. The predicted molar refractivity (Wildman–Crippen MR) is 121 cm³/mol. The summed E-state index contributed by atoms with van der Waals surface area (Å²) in [5, 5.41) is 15.4. The molecule has 34 heavy (non-hydrogen) atoms. The molecule has 4 rings (SSSR count). The molecule has 3 amide bonds. The number of amides is 3. The first-order valence-corrected chi connectivity index (χ1v) is 11.4. The Bertz CT molecular complexity index is 1060. The molecule has 2 saturated heterocycles. The van der Waals surface area contributed by atoms with Gasteiger partial charge in [-0.1, -0.05) is 6.92 Å². The van der Waals surface area contributed by atoms with Crippen LogP contribution in [0.5, 0.6) is 0 Å². The quantitative estimate of drug-likeness (QED) is 0.620. The number of halogens is 3. The van der Waals surface area contributed by atoms with Gasteiger partial charge in [-0.25, -0.2) is 9.59 Å². The minimum atomic E-state index is -4.50. The molecule has 0 bridgehead atoms. The van der Waals surface area contributed by atoms with E-state index in [-0.39, 0.29) is 36.1 Å². The zero-order valence-electron chi connectivity index (χ0n) is 18.8. The summed E-state index contributed by atoms with van der Waals surface area (Å²) in [5.74, 6) is 0.199. The molecule has 2 aliphatic rings. The number of carbonyl (C=O) groups excluding carboxylic acids is 1. The number of hydrogen-bond donors (Lipinski definition) is 3. The smallest absolute Gasteiger partial charge is 0.418 e. The number of carbonyl (C=O) groups is 2. The summed E-state index contributed by atoms with van der Waals surface area (Å²) in [5.41, 5.74) is -0.207. The molecule has 0 radical (unpaired) electrons. The molecule has 1 aromatic heterocycles. The maximum atomic E-state index is 13.5. The van der Waals surface area contributed by atoms with Gasteiger partial charge in [-0.15, -0.1) is 0 Å². The predicted octanol–water partition coefficient (Wildman–Crippen LogP) is 3.91. The van der Waals surface area contributed by atoms with Gasteiger partial charge in [0.2, 0.25) is 0 Å². The fourth-order valence-electron chi connectivity index (χ4n) is 5.00. The zero-order valence-corrected chi connectivity index (χ0v) is 18.8. The van der Waals surface area contributed by atoms with Crippen LogP contribution in [-0.2, 0) is 6.18 Å². The molecule has 0 unspecified atom stereocenters. The Hall–Kier alpha value is -3.24. The molecule has 2 fully saturated rings. The van der Waals surface area contributed by atoms with E-state index in [4.69, 9.17) is 0 Å². The highest BCUT2D eigenvalue weighted by molar-refractivity contribution is 5.94. The van der Waals surface area contributed by atoms with Crippen molar-refractivity contribution in [2.24, 2.45) is 5.92 Å². The van der Waals surface area contributed by atoms with Crippen molar-refractivity contribution in [2.45, 2.75) is 44.4 Å². The van der Waals surface area contributed by atoms with Gasteiger partial charge in [-0.2, -0.15) is 13.2 Å². The SMILES string of the molecule is C[C@H]1C[C@@H](NC(=O)N[C@@H]2CCCN(C(=O)O)C2)CN(c2ccc(C(F)(F)F)c3ncccc23)C1. The van der Waals surface area contributed by atoms with Crippen molar-refractivity contribution < 1.29 is 27.9 Å². The van der Waals surface area contributed by atoms with Crippen LogP contribution < -0.4 is 15.5 Å². The molecule has 1 aromatic carbocycles. The normalized spacial score (nSPS) is 23.6. The van der Waals surface area contributed by atoms with Crippen LogP contribution in [0.25, 0.3) is 10.9 Å². The Morgan fingerprint density at radius 3 is 2.62 bits per heavy atom. The van der Waals surface area contributed by atoms with Gasteiger partial charge in [0.15, 0.2) is 0 Å². The van der Waals surface area contributed by atoms with E-state index < -0.39 is 17.8 Å². The molecule has 11 heteroatoms. The third-order valence-electron chi connectivity index (χ3n) is 6.41. The molecule has 8 nitrogen and oxygen atoms in total. The van der Waals surface area contributed by atoms with E-state index >= 15 is 0 Å². The summed E-state index contributed by atoms with van der Waals surface area (Å²) in [6, 6.07) is 4.96. The van der Waals surface area contributed by atoms with Crippen molar-refractivity contribution in [2.75, 3.05) is 31.1 Å². The summed E-state index contributed by atoms with van der Waals surface area (Å²) in [7, 11) is 0. The highest BCUT2D eigenvalue weighted by atomic mass is 19.4. The lowest BCUT2D eigenvalue weighted by molar-refractivity contribution is -0.136. The van der Waals surface area contributed by atoms with E-state index in [0.717, 1.165) is 12.5 Å². The Labute approximate surface area is 195 Å². The van der Waals surface area contributed by atoms with Gasteiger partial charge in [0.05, 0.1) is 11.1 Å². The maximum Gasteiger partial charge on any atom is 0.418 e. The zero-order chi connectivity index (χ0) is 24.5. The van der Waals surface area contributed by atoms with Gasteiger partial charge < -0.3 is 25.5 Å². The van der Waals surface area contributed by atoms with Crippen molar-refractivity contribution in [3.05, 3.63) is 36.0 Å². The maximum absolute atomic E-state index is 13.5. The molecule has 2 aliphatic heterocycles. The van der Waals surface area contributed by atoms with Crippen LogP contribution >= 0.6 is 0 Å². The third-order valence-corrected chi connectivity index (χ3v) is 6.41. The minimum Gasteiger partial charge on any atom is -0.465 e. The fraction of sp³-hybridized carbons (Fsp3) is 0.522. The van der Waals surface area contributed by atoms with Gasteiger partial charge in [-0.3, -0.25) is 4.98 Å². The van der Waals surface area contributed by atoms with E-state index in [1.807, 2.05) is 11.8 Å². The van der Waals surface area contributed by atoms with Crippen LogP contribution in [0.2, 0.25) is 0 Å². The van der Waals surface area contributed by atoms with Crippen LogP contribution in [-0.4, -0.2) is 65.4 Å². The number of nitrogens with zero attached hydrogens (tertiary/aromatic N) is 3. The van der Waals surface area contributed by atoms with Gasteiger partial charge in [-0.05, 0) is 49.4 Å². The number of likely N-dealkylation sites (tertiary alicyclic amines) is 1. The van der Waals surface area contributed by atoms with Crippen LogP contribution in [0.1, 0.15) is 31.7 Å². The van der Waals surface area contributed by atoms with Crippen LogP contribution in [0.4, 0.5) is 28.4 Å². The molecular formula is C23H28F3N5O3. The number of urea groups is 1. The lowest BCUT2D eigenvalue weighted by Crippen LogP contribution is -2.56. The van der Waals surface area contributed by atoms with Crippen LogP contribution in [0, 0.1) is 5.92 Å².